The van der Waals surface area contributed by atoms with E-state index in [1.54, 1.807) is 32.1 Å². The molecule has 8 heteroatoms. The van der Waals surface area contributed by atoms with E-state index in [0.29, 0.717) is 28.8 Å². The van der Waals surface area contributed by atoms with Gasteiger partial charge < -0.3 is 15.5 Å². The molecule has 1 aliphatic carbocycles. The van der Waals surface area contributed by atoms with Gasteiger partial charge in [-0.2, -0.15) is 0 Å². The molecule has 6 nitrogen and oxygen atoms in total. The number of nitrogens with one attached hydrogen (secondary N) is 1. The van der Waals surface area contributed by atoms with Crippen LogP contribution in [0.1, 0.15) is 106 Å². The van der Waals surface area contributed by atoms with E-state index in [1.165, 1.54) is 12.5 Å². The third-order valence-electron chi connectivity index (χ3n) is 6.06. The van der Waals surface area contributed by atoms with E-state index < -0.39 is 17.3 Å². The van der Waals surface area contributed by atoms with E-state index in [-0.39, 0.29) is 12.3 Å². The van der Waals surface area contributed by atoms with Crippen LogP contribution in [0.5, 0.6) is 0 Å². The molecule has 2 heterocycles. The summed E-state index contributed by atoms with van der Waals surface area (Å²) in [7, 11) is 0. The largest absolute Gasteiger partial charge is 0.396 e. The average Bonchev–Trinajstić information content (AvgIpc) is 3.27. The van der Waals surface area contributed by atoms with Crippen molar-refractivity contribution in [3.63, 3.8) is 0 Å². The first-order valence-corrected chi connectivity index (χ1v) is 14.1. The van der Waals surface area contributed by atoms with Crippen molar-refractivity contribution in [2.75, 3.05) is 11.9 Å². The Labute approximate surface area is 224 Å². The summed E-state index contributed by atoms with van der Waals surface area (Å²) in [5.41, 5.74) is 0.950. The van der Waals surface area contributed by atoms with Crippen LogP contribution in [0, 0.1) is 18.7 Å². The fourth-order valence-corrected chi connectivity index (χ4v) is 5.45. The van der Waals surface area contributed by atoms with Crippen molar-refractivity contribution in [3.05, 3.63) is 52.0 Å². The second-order valence-electron chi connectivity index (χ2n) is 9.85. The number of aryl methyl sites for hydroxylation is 1. The van der Waals surface area contributed by atoms with Crippen LogP contribution in [0.4, 0.5) is 10.1 Å². The fraction of sp³-hybridized carbons (Fsp3) is 0.552. The van der Waals surface area contributed by atoms with E-state index in [1.807, 2.05) is 26.0 Å². The number of anilines is 1. The highest BCUT2D eigenvalue weighted by molar-refractivity contribution is 7.18. The minimum absolute atomic E-state index is 0.0186. The first kappa shape index (κ1) is 30.8. The van der Waals surface area contributed by atoms with Gasteiger partial charge in [-0.05, 0) is 70.6 Å². The maximum absolute atomic E-state index is 13.7. The molecule has 1 fully saturated rings. The summed E-state index contributed by atoms with van der Waals surface area (Å²) in [6.45, 7) is 13.4. The summed E-state index contributed by atoms with van der Waals surface area (Å²) in [6, 6.07) is 6.00. The highest BCUT2D eigenvalue weighted by Crippen LogP contribution is 2.41. The van der Waals surface area contributed by atoms with Crippen molar-refractivity contribution in [2.45, 2.75) is 92.1 Å². The number of hydrogen-bond acceptors (Lipinski definition) is 6. The first-order valence-electron chi connectivity index (χ1n) is 13.3. The van der Waals surface area contributed by atoms with Crippen LogP contribution >= 0.6 is 11.3 Å². The number of carbonyl (C=O) groups is 1. The highest BCUT2D eigenvalue weighted by atomic mass is 32.1. The summed E-state index contributed by atoms with van der Waals surface area (Å²) in [6.07, 6.45) is 5.23. The molecule has 1 amide bonds. The van der Waals surface area contributed by atoms with Gasteiger partial charge in [0.25, 0.3) is 5.91 Å². The van der Waals surface area contributed by atoms with Gasteiger partial charge in [0.15, 0.2) is 0 Å². The third kappa shape index (κ3) is 8.28. The summed E-state index contributed by atoms with van der Waals surface area (Å²) in [5.74, 6) is -0.323. The molecule has 0 bridgehead atoms. The number of nitrogens with zero attached hydrogens (tertiary/aromatic N) is 2. The summed E-state index contributed by atoms with van der Waals surface area (Å²) in [4.78, 5) is 21.7. The zero-order chi connectivity index (χ0) is 27.8. The van der Waals surface area contributed by atoms with Gasteiger partial charge in [-0.15, -0.1) is 11.3 Å². The smallest absolute Gasteiger partial charge is 0.274 e. The van der Waals surface area contributed by atoms with E-state index >= 15 is 0 Å². The Bertz CT molecular complexity index is 1140. The van der Waals surface area contributed by atoms with Crippen molar-refractivity contribution < 1.29 is 19.4 Å². The molecule has 0 spiro atoms. The second-order valence-corrected chi connectivity index (χ2v) is 10.9. The van der Waals surface area contributed by atoms with Crippen LogP contribution < -0.4 is 5.32 Å². The van der Waals surface area contributed by atoms with Crippen LogP contribution in [-0.4, -0.2) is 32.7 Å². The number of amides is 1. The molecule has 4 rings (SSSR count). The molecule has 3 N–H and O–H groups in total. The SMILES string of the molecule is CC.CCC.Cc1cc(F)cc(C(=O)Nc2cc3sc(C4CCC(CO)CC4)nc3cc2C(C)(C)O)n1. The van der Waals surface area contributed by atoms with Gasteiger partial charge in [0.05, 0.1) is 20.8 Å². The van der Waals surface area contributed by atoms with E-state index in [9.17, 15) is 19.4 Å². The molecule has 37 heavy (non-hydrogen) atoms. The zero-order valence-corrected chi connectivity index (χ0v) is 24.0. The minimum Gasteiger partial charge on any atom is -0.396 e. The number of aliphatic hydroxyl groups is 2. The first-order chi connectivity index (χ1) is 17.5. The molecule has 0 atom stereocenters. The van der Waals surface area contributed by atoms with Crippen LogP contribution in [0.3, 0.4) is 0 Å². The van der Waals surface area contributed by atoms with Gasteiger partial charge in [0, 0.05) is 35.5 Å². The monoisotopic (exact) mass is 531 g/mol. The van der Waals surface area contributed by atoms with Gasteiger partial charge in [0.2, 0.25) is 0 Å². The normalized spacial score (nSPS) is 17.4. The lowest BCUT2D eigenvalue weighted by molar-refractivity contribution is 0.0793. The number of aliphatic hydroxyl groups excluding tert-OH is 1. The number of rotatable bonds is 5. The molecule has 1 aliphatic rings. The Morgan fingerprint density at radius 1 is 1.11 bits per heavy atom. The molecule has 3 aromatic rings. The lowest BCUT2D eigenvalue weighted by atomic mass is 9.83. The van der Waals surface area contributed by atoms with Crippen molar-refractivity contribution >= 4 is 33.1 Å². The number of hydrogen-bond donors (Lipinski definition) is 3. The van der Waals surface area contributed by atoms with Crippen LogP contribution in [-0.2, 0) is 5.60 Å². The maximum Gasteiger partial charge on any atom is 0.274 e. The lowest BCUT2D eigenvalue weighted by Gasteiger charge is -2.25. The Morgan fingerprint density at radius 2 is 1.73 bits per heavy atom. The minimum atomic E-state index is -1.22. The van der Waals surface area contributed by atoms with E-state index in [0.717, 1.165) is 47.0 Å². The number of benzene rings is 1. The quantitative estimate of drug-likeness (QED) is 0.320. The number of aromatic nitrogens is 2. The van der Waals surface area contributed by atoms with Gasteiger partial charge >= 0.3 is 0 Å². The molecule has 0 unspecified atom stereocenters. The number of fused-ring (bicyclic) bond motifs is 1. The van der Waals surface area contributed by atoms with Crippen molar-refractivity contribution in [1.29, 1.82) is 0 Å². The molecular weight excluding hydrogens is 489 g/mol. The number of carbonyl (C=O) groups excluding carboxylic acids is 1. The Hall–Kier alpha value is -2.42. The van der Waals surface area contributed by atoms with Gasteiger partial charge in [-0.3, -0.25) is 4.79 Å². The zero-order valence-electron chi connectivity index (χ0n) is 23.2. The number of thiazole rings is 1. The maximum atomic E-state index is 13.7. The molecule has 2 aromatic heterocycles. The van der Waals surface area contributed by atoms with Crippen molar-refractivity contribution in [2.24, 2.45) is 5.92 Å². The number of pyridine rings is 1. The molecule has 0 aliphatic heterocycles. The lowest BCUT2D eigenvalue weighted by Crippen LogP contribution is -2.21. The topological polar surface area (TPSA) is 95.3 Å². The predicted octanol–water partition coefficient (Wildman–Crippen LogP) is 7.33. The second kappa shape index (κ2) is 13.9. The highest BCUT2D eigenvalue weighted by Gasteiger charge is 2.27. The Kier molecular flexibility index (Phi) is 11.6. The molecular formula is C29H42FN3O3S. The Morgan fingerprint density at radius 3 is 2.27 bits per heavy atom. The molecule has 204 valence electrons. The van der Waals surface area contributed by atoms with Gasteiger partial charge in [-0.25, -0.2) is 14.4 Å². The van der Waals surface area contributed by atoms with Crippen LogP contribution in [0.2, 0.25) is 0 Å². The fourth-order valence-electron chi connectivity index (χ4n) is 4.30. The van der Waals surface area contributed by atoms with Crippen molar-refractivity contribution in [1.82, 2.24) is 9.97 Å². The van der Waals surface area contributed by atoms with Gasteiger partial charge in [0.1, 0.15) is 11.5 Å². The van der Waals surface area contributed by atoms with Crippen molar-refractivity contribution in [3.8, 4) is 0 Å². The summed E-state index contributed by atoms with van der Waals surface area (Å²) >= 11 is 1.59. The van der Waals surface area contributed by atoms with E-state index in [2.05, 4.69) is 24.1 Å². The third-order valence-corrected chi connectivity index (χ3v) is 7.24. The average molecular weight is 532 g/mol. The molecule has 1 saturated carbocycles. The molecule has 0 saturated heterocycles. The summed E-state index contributed by atoms with van der Waals surface area (Å²) < 4.78 is 14.7. The predicted molar refractivity (Wildman–Crippen MR) is 151 cm³/mol. The van der Waals surface area contributed by atoms with Gasteiger partial charge in [-0.1, -0.05) is 34.1 Å². The van der Waals surface area contributed by atoms with E-state index in [4.69, 9.17) is 4.98 Å². The summed E-state index contributed by atoms with van der Waals surface area (Å²) in [5, 5.41) is 24.0. The molecule has 0 radical (unpaired) electrons. The Balaban J connectivity index is 0.000000898. The standard InChI is InChI=1S/C24H28FN3O3S.C3H8.C2H6/c1-13-8-16(25)9-20(26-13)22(30)27-18-11-21-19(10-17(18)24(2,3)31)28-23(32-21)15-6-4-14(12-29)5-7-15;1-3-2;1-2/h8-11,14-15,29,31H,4-7,12H2,1-3H3,(H,27,30);3H2,1-2H3;1-2H3. The van der Waals surface area contributed by atoms with Crippen LogP contribution in [0.15, 0.2) is 24.3 Å². The molecule has 1 aromatic carbocycles. The number of halogens is 1. The van der Waals surface area contributed by atoms with Crippen LogP contribution in [0.25, 0.3) is 10.2 Å².